The van der Waals surface area contributed by atoms with Crippen LogP contribution in [0.4, 0.5) is 5.82 Å². The van der Waals surface area contributed by atoms with Crippen molar-refractivity contribution in [3.63, 3.8) is 0 Å². The monoisotopic (exact) mass is 357 g/mol. The molecule has 2 rings (SSSR count). The predicted octanol–water partition coefficient (Wildman–Crippen LogP) is 3.37. The van der Waals surface area contributed by atoms with E-state index in [1.807, 2.05) is 13.0 Å². The number of methoxy groups -OCH3 is 1. The Hall–Kier alpha value is -1.11. The van der Waals surface area contributed by atoms with Crippen LogP contribution in [0.5, 0.6) is 5.75 Å². The maximum absolute atomic E-state index is 5.33. The Morgan fingerprint density at radius 3 is 2.61 bits per heavy atom. The number of hydrogen-bond donors (Lipinski definition) is 1. The molecular weight excluding hydrogens is 341 g/mol. The summed E-state index contributed by atoms with van der Waals surface area (Å²) in [6, 6.07) is 4.35. The molecule has 1 aromatic carbocycles. The van der Waals surface area contributed by atoms with Crippen LogP contribution in [-0.4, -0.2) is 23.1 Å². The van der Waals surface area contributed by atoms with Crippen molar-refractivity contribution in [2.75, 3.05) is 12.4 Å². The summed E-state index contributed by atoms with van der Waals surface area (Å²) >= 11 is 2.26. The lowest BCUT2D eigenvalue weighted by atomic mass is 10.2. The molecule has 96 valence electrons. The van der Waals surface area contributed by atoms with Gasteiger partial charge in [0.1, 0.15) is 17.4 Å². The van der Waals surface area contributed by atoms with Crippen LogP contribution in [0.2, 0.25) is 0 Å². The molecular formula is C13H16IN3O. The largest absolute Gasteiger partial charge is 0.496 e. The maximum atomic E-state index is 5.33. The van der Waals surface area contributed by atoms with Crippen LogP contribution in [-0.2, 0) is 0 Å². The van der Waals surface area contributed by atoms with Crippen molar-refractivity contribution in [1.82, 2.24) is 9.97 Å². The molecule has 1 N–H and O–H groups in total. The van der Waals surface area contributed by atoms with E-state index in [-0.39, 0.29) is 0 Å². The highest BCUT2D eigenvalue weighted by molar-refractivity contribution is 14.1. The van der Waals surface area contributed by atoms with Crippen LogP contribution in [0, 0.1) is 10.5 Å². The number of nitrogens with zero attached hydrogens (tertiary/aromatic N) is 2. The molecule has 4 nitrogen and oxygen atoms in total. The number of ether oxygens (including phenoxy) is 1. The lowest BCUT2D eigenvalue weighted by Gasteiger charge is -2.13. The molecule has 2 aromatic rings. The highest BCUT2D eigenvalue weighted by Gasteiger charge is 2.10. The van der Waals surface area contributed by atoms with Gasteiger partial charge in [0.05, 0.1) is 16.2 Å². The van der Waals surface area contributed by atoms with Crippen LogP contribution in [0.1, 0.15) is 19.7 Å². The molecule has 0 aliphatic rings. The summed E-state index contributed by atoms with van der Waals surface area (Å²) in [4.78, 5) is 8.93. The van der Waals surface area contributed by atoms with Gasteiger partial charge >= 0.3 is 0 Å². The first-order valence-corrected chi connectivity index (χ1v) is 6.87. The Morgan fingerprint density at radius 2 is 2.00 bits per heavy atom. The van der Waals surface area contributed by atoms with E-state index >= 15 is 0 Å². The van der Waals surface area contributed by atoms with E-state index in [1.165, 1.54) is 0 Å². The summed E-state index contributed by atoms with van der Waals surface area (Å²) < 4.78 is 6.38. The van der Waals surface area contributed by atoms with Gasteiger partial charge < -0.3 is 10.1 Å². The van der Waals surface area contributed by atoms with Crippen molar-refractivity contribution in [2.24, 2.45) is 0 Å². The van der Waals surface area contributed by atoms with E-state index in [0.717, 1.165) is 31.9 Å². The molecule has 1 aromatic heterocycles. The second-order valence-corrected chi connectivity index (χ2v) is 5.58. The van der Waals surface area contributed by atoms with Crippen molar-refractivity contribution in [1.29, 1.82) is 0 Å². The zero-order chi connectivity index (χ0) is 13.3. The molecule has 0 atom stereocenters. The first kappa shape index (κ1) is 13.3. The zero-order valence-electron chi connectivity index (χ0n) is 10.9. The van der Waals surface area contributed by atoms with Crippen molar-refractivity contribution in [3.05, 3.63) is 21.5 Å². The van der Waals surface area contributed by atoms with Crippen LogP contribution in [0.25, 0.3) is 10.9 Å². The molecule has 0 spiro atoms. The van der Waals surface area contributed by atoms with E-state index in [1.54, 1.807) is 7.11 Å². The van der Waals surface area contributed by atoms with Gasteiger partial charge in [-0.15, -0.1) is 0 Å². The molecule has 0 fully saturated rings. The average molecular weight is 357 g/mol. The van der Waals surface area contributed by atoms with Gasteiger partial charge in [-0.1, -0.05) is 0 Å². The van der Waals surface area contributed by atoms with Gasteiger partial charge in [0, 0.05) is 17.5 Å². The van der Waals surface area contributed by atoms with Gasteiger partial charge in [-0.2, -0.15) is 0 Å². The minimum Gasteiger partial charge on any atom is -0.496 e. The summed E-state index contributed by atoms with van der Waals surface area (Å²) in [5, 5.41) is 4.39. The summed E-state index contributed by atoms with van der Waals surface area (Å²) in [5.41, 5.74) is 0.905. The Morgan fingerprint density at radius 1 is 1.28 bits per heavy atom. The van der Waals surface area contributed by atoms with E-state index in [2.05, 4.69) is 57.8 Å². The third kappa shape index (κ3) is 2.66. The molecule has 0 saturated carbocycles. The number of nitrogens with one attached hydrogen (secondary N) is 1. The molecule has 0 aliphatic carbocycles. The number of anilines is 1. The molecule has 0 aliphatic heterocycles. The number of aromatic nitrogens is 2. The van der Waals surface area contributed by atoms with Crippen molar-refractivity contribution in [3.8, 4) is 5.75 Å². The fourth-order valence-corrected chi connectivity index (χ4v) is 2.47. The van der Waals surface area contributed by atoms with Gasteiger partial charge in [0.2, 0.25) is 0 Å². The van der Waals surface area contributed by atoms with Crippen LogP contribution < -0.4 is 10.1 Å². The highest BCUT2D eigenvalue weighted by Crippen LogP contribution is 2.29. The lowest BCUT2D eigenvalue weighted by molar-refractivity contribution is 0.412. The standard InChI is InChI=1S/C13H16IN3O/c1-7(2)15-13-9-5-10(14)12(18-4)6-11(9)16-8(3)17-13/h5-7H,1-4H3,(H,15,16,17). The topological polar surface area (TPSA) is 47.0 Å². The summed E-state index contributed by atoms with van der Waals surface area (Å²) in [5.74, 6) is 2.48. The SMILES string of the molecule is COc1cc2nc(C)nc(NC(C)C)c2cc1I. The minimum atomic E-state index is 0.335. The van der Waals surface area contributed by atoms with Gasteiger partial charge in [0.25, 0.3) is 0 Å². The lowest BCUT2D eigenvalue weighted by Crippen LogP contribution is -2.12. The molecule has 0 amide bonds. The molecule has 0 radical (unpaired) electrons. The molecule has 0 unspecified atom stereocenters. The predicted molar refractivity (Wildman–Crippen MR) is 82.3 cm³/mol. The number of aryl methyl sites for hydroxylation is 1. The third-order valence-corrected chi connectivity index (χ3v) is 3.35. The number of hydrogen-bond acceptors (Lipinski definition) is 4. The molecule has 5 heteroatoms. The van der Waals surface area contributed by atoms with Crippen molar-refractivity contribution >= 4 is 39.3 Å². The Kier molecular flexibility index (Phi) is 3.89. The Bertz CT molecular complexity index is 584. The molecule has 18 heavy (non-hydrogen) atoms. The Labute approximate surface area is 120 Å². The Balaban J connectivity index is 2.67. The second-order valence-electron chi connectivity index (χ2n) is 4.42. The van der Waals surface area contributed by atoms with E-state index in [4.69, 9.17) is 4.74 Å². The quantitative estimate of drug-likeness (QED) is 0.856. The van der Waals surface area contributed by atoms with Crippen LogP contribution in [0.15, 0.2) is 12.1 Å². The number of benzene rings is 1. The van der Waals surface area contributed by atoms with E-state index < -0.39 is 0 Å². The fraction of sp³-hybridized carbons (Fsp3) is 0.385. The third-order valence-electron chi connectivity index (χ3n) is 2.51. The van der Waals surface area contributed by atoms with Gasteiger partial charge in [-0.3, -0.25) is 0 Å². The molecule has 0 saturated heterocycles. The first-order valence-electron chi connectivity index (χ1n) is 5.79. The summed E-state index contributed by atoms with van der Waals surface area (Å²) in [6.45, 7) is 6.09. The van der Waals surface area contributed by atoms with Gasteiger partial charge in [0.15, 0.2) is 0 Å². The maximum Gasteiger partial charge on any atom is 0.137 e. The van der Waals surface area contributed by atoms with Crippen LogP contribution in [0.3, 0.4) is 0 Å². The van der Waals surface area contributed by atoms with Crippen LogP contribution >= 0.6 is 22.6 Å². The molecule has 0 bridgehead atoms. The van der Waals surface area contributed by atoms with Gasteiger partial charge in [-0.25, -0.2) is 9.97 Å². The van der Waals surface area contributed by atoms with E-state index in [0.29, 0.717) is 6.04 Å². The second kappa shape index (κ2) is 5.26. The normalized spacial score (nSPS) is 11.0. The summed E-state index contributed by atoms with van der Waals surface area (Å²) in [7, 11) is 1.67. The van der Waals surface area contributed by atoms with Crippen molar-refractivity contribution < 1.29 is 4.74 Å². The smallest absolute Gasteiger partial charge is 0.137 e. The van der Waals surface area contributed by atoms with Gasteiger partial charge in [-0.05, 0) is 49.4 Å². The fourth-order valence-electron chi connectivity index (χ4n) is 1.79. The number of fused-ring (bicyclic) bond motifs is 1. The minimum absolute atomic E-state index is 0.335. The first-order chi connectivity index (χ1) is 8.51. The number of halogens is 1. The van der Waals surface area contributed by atoms with Crippen molar-refractivity contribution in [2.45, 2.75) is 26.8 Å². The molecule has 1 heterocycles. The van der Waals surface area contributed by atoms with E-state index in [9.17, 15) is 0 Å². The summed E-state index contributed by atoms with van der Waals surface area (Å²) in [6.07, 6.45) is 0. The average Bonchev–Trinajstić information content (AvgIpc) is 2.28. The zero-order valence-corrected chi connectivity index (χ0v) is 13.1. The number of rotatable bonds is 3. The highest BCUT2D eigenvalue weighted by atomic mass is 127.